The van der Waals surface area contributed by atoms with E-state index in [1.807, 2.05) is 20.9 Å². The molecule has 0 aliphatic heterocycles. The Morgan fingerprint density at radius 2 is 2.19 bits per heavy atom. The lowest BCUT2D eigenvalue weighted by Crippen LogP contribution is -2.22. The molecule has 21 heavy (non-hydrogen) atoms. The first-order valence-electron chi connectivity index (χ1n) is 6.77. The van der Waals surface area contributed by atoms with Crippen LogP contribution in [-0.4, -0.2) is 33.8 Å². The maximum atomic E-state index is 9.02. The summed E-state index contributed by atoms with van der Waals surface area (Å²) in [6, 6.07) is 2.08. The van der Waals surface area contributed by atoms with Gasteiger partial charge in [0.15, 0.2) is 5.82 Å². The summed E-state index contributed by atoms with van der Waals surface area (Å²) in [6.45, 7) is 4.68. The molecule has 2 rings (SSSR count). The number of anilines is 2. The molecule has 2 aromatic rings. The molecule has 0 aliphatic rings. The van der Waals surface area contributed by atoms with Crippen molar-refractivity contribution >= 4 is 11.6 Å². The molecule has 7 heteroatoms. The SMILES string of the molecule is Cc1cnc(C)c(N(C)CCCc2[nH]nc(N)c2C#N)n1. The van der Waals surface area contributed by atoms with E-state index in [1.54, 1.807) is 6.20 Å². The molecule has 110 valence electrons. The molecular formula is C14H19N7. The number of nitriles is 1. The summed E-state index contributed by atoms with van der Waals surface area (Å²) in [4.78, 5) is 10.9. The van der Waals surface area contributed by atoms with Crippen LogP contribution < -0.4 is 10.6 Å². The molecule has 3 N–H and O–H groups in total. The predicted octanol–water partition coefficient (Wildman–Crippen LogP) is 1.34. The first-order valence-corrected chi connectivity index (χ1v) is 6.77. The van der Waals surface area contributed by atoms with Crippen molar-refractivity contribution in [2.45, 2.75) is 26.7 Å². The maximum absolute atomic E-state index is 9.02. The molecule has 0 amide bonds. The van der Waals surface area contributed by atoms with Crippen LogP contribution in [0.25, 0.3) is 0 Å². The highest BCUT2D eigenvalue weighted by Crippen LogP contribution is 2.16. The number of nitrogen functional groups attached to an aromatic ring is 1. The largest absolute Gasteiger partial charge is 0.381 e. The summed E-state index contributed by atoms with van der Waals surface area (Å²) in [6.07, 6.45) is 3.34. The topological polar surface area (TPSA) is 108 Å². The highest BCUT2D eigenvalue weighted by molar-refractivity contribution is 5.51. The number of nitrogens with two attached hydrogens (primary N) is 1. The average molecular weight is 285 g/mol. The molecule has 2 aromatic heterocycles. The molecule has 0 bridgehead atoms. The van der Waals surface area contributed by atoms with Gasteiger partial charge in [-0.1, -0.05) is 0 Å². The summed E-state index contributed by atoms with van der Waals surface area (Å²) in [5.74, 6) is 1.15. The van der Waals surface area contributed by atoms with Gasteiger partial charge in [0.2, 0.25) is 0 Å². The standard InChI is InChI=1S/C14H19N7/c1-9-8-17-10(2)14(18-9)21(3)6-4-5-12-11(7-15)13(16)20-19-12/h8H,4-6H2,1-3H3,(H3,16,19,20). The zero-order valence-corrected chi connectivity index (χ0v) is 12.5. The Morgan fingerprint density at radius 3 is 2.90 bits per heavy atom. The van der Waals surface area contributed by atoms with Crippen LogP contribution in [0.4, 0.5) is 11.6 Å². The first kappa shape index (κ1) is 14.8. The zero-order valence-electron chi connectivity index (χ0n) is 12.5. The van der Waals surface area contributed by atoms with Crippen molar-refractivity contribution in [2.75, 3.05) is 24.2 Å². The second kappa shape index (κ2) is 6.22. The minimum atomic E-state index is 0.265. The van der Waals surface area contributed by atoms with Gasteiger partial charge in [-0.15, -0.1) is 0 Å². The van der Waals surface area contributed by atoms with Crippen molar-refractivity contribution in [1.82, 2.24) is 20.2 Å². The fourth-order valence-corrected chi connectivity index (χ4v) is 2.19. The van der Waals surface area contributed by atoms with Gasteiger partial charge in [0.05, 0.1) is 17.1 Å². The van der Waals surface area contributed by atoms with E-state index >= 15 is 0 Å². The van der Waals surface area contributed by atoms with E-state index in [4.69, 9.17) is 11.0 Å². The Morgan fingerprint density at radius 1 is 1.43 bits per heavy atom. The van der Waals surface area contributed by atoms with Crippen LogP contribution in [0, 0.1) is 25.2 Å². The van der Waals surface area contributed by atoms with Gasteiger partial charge < -0.3 is 10.6 Å². The predicted molar refractivity (Wildman–Crippen MR) is 80.8 cm³/mol. The van der Waals surface area contributed by atoms with Gasteiger partial charge in [0.25, 0.3) is 0 Å². The molecule has 0 saturated carbocycles. The summed E-state index contributed by atoms with van der Waals surface area (Å²) in [5, 5.41) is 15.7. The highest BCUT2D eigenvalue weighted by Gasteiger charge is 2.11. The molecule has 0 atom stereocenters. The summed E-state index contributed by atoms with van der Waals surface area (Å²) >= 11 is 0. The molecule has 0 aromatic carbocycles. The van der Waals surface area contributed by atoms with Crippen molar-refractivity contribution in [3.63, 3.8) is 0 Å². The molecule has 0 aliphatic carbocycles. The van der Waals surface area contributed by atoms with E-state index in [-0.39, 0.29) is 5.82 Å². The molecule has 0 saturated heterocycles. The lowest BCUT2D eigenvalue weighted by Gasteiger charge is -2.19. The van der Waals surface area contributed by atoms with Crippen molar-refractivity contribution in [3.05, 3.63) is 28.8 Å². The van der Waals surface area contributed by atoms with Crippen molar-refractivity contribution in [2.24, 2.45) is 0 Å². The average Bonchev–Trinajstić information content (AvgIpc) is 2.81. The lowest BCUT2D eigenvalue weighted by molar-refractivity contribution is 0.753. The van der Waals surface area contributed by atoms with Gasteiger partial charge >= 0.3 is 0 Å². The fraction of sp³-hybridized carbons (Fsp3) is 0.429. The fourth-order valence-electron chi connectivity index (χ4n) is 2.19. The van der Waals surface area contributed by atoms with Gasteiger partial charge in [0.1, 0.15) is 17.5 Å². The Bertz CT molecular complexity index is 668. The second-order valence-electron chi connectivity index (χ2n) is 5.02. The normalized spacial score (nSPS) is 10.4. The van der Waals surface area contributed by atoms with Gasteiger partial charge in [-0.3, -0.25) is 10.1 Å². The molecule has 0 radical (unpaired) electrons. The minimum Gasteiger partial charge on any atom is -0.381 e. The van der Waals surface area contributed by atoms with Crippen LogP contribution in [0.15, 0.2) is 6.20 Å². The number of hydrogen-bond acceptors (Lipinski definition) is 6. The number of aromatic amines is 1. The monoisotopic (exact) mass is 285 g/mol. The summed E-state index contributed by atoms with van der Waals surface area (Å²) in [7, 11) is 1.99. The Kier molecular flexibility index (Phi) is 4.38. The second-order valence-corrected chi connectivity index (χ2v) is 5.02. The number of rotatable bonds is 5. The Labute approximate surface area is 123 Å². The molecular weight excluding hydrogens is 266 g/mol. The molecule has 2 heterocycles. The van der Waals surface area contributed by atoms with Crippen molar-refractivity contribution in [3.8, 4) is 6.07 Å². The first-order chi connectivity index (χ1) is 10.0. The quantitative estimate of drug-likeness (QED) is 0.858. The molecule has 0 fully saturated rings. The Hall–Kier alpha value is -2.62. The molecule has 0 spiro atoms. The van der Waals surface area contributed by atoms with Crippen LogP contribution in [0.3, 0.4) is 0 Å². The van der Waals surface area contributed by atoms with E-state index in [9.17, 15) is 0 Å². The molecule has 7 nitrogen and oxygen atoms in total. The third-order valence-corrected chi connectivity index (χ3v) is 3.31. The van der Waals surface area contributed by atoms with Gasteiger partial charge in [0, 0.05) is 19.8 Å². The van der Waals surface area contributed by atoms with Crippen LogP contribution in [0.1, 0.15) is 29.1 Å². The Balaban J connectivity index is 1.97. The third kappa shape index (κ3) is 3.28. The van der Waals surface area contributed by atoms with Gasteiger partial charge in [-0.05, 0) is 26.7 Å². The van der Waals surface area contributed by atoms with Crippen LogP contribution in [0.2, 0.25) is 0 Å². The van der Waals surface area contributed by atoms with Gasteiger partial charge in [-0.2, -0.15) is 10.4 Å². The third-order valence-electron chi connectivity index (χ3n) is 3.31. The number of nitrogens with one attached hydrogen (secondary N) is 1. The van der Waals surface area contributed by atoms with Crippen molar-refractivity contribution < 1.29 is 0 Å². The van der Waals surface area contributed by atoms with Crippen LogP contribution in [-0.2, 0) is 6.42 Å². The number of aromatic nitrogens is 4. The zero-order chi connectivity index (χ0) is 15.4. The van der Waals surface area contributed by atoms with E-state index in [2.05, 4.69) is 31.1 Å². The van der Waals surface area contributed by atoms with E-state index in [1.165, 1.54) is 0 Å². The van der Waals surface area contributed by atoms with Crippen LogP contribution in [0.5, 0.6) is 0 Å². The van der Waals surface area contributed by atoms with Crippen LogP contribution >= 0.6 is 0 Å². The minimum absolute atomic E-state index is 0.265. The lowest BCUT2D eigenvalue weighted by atomic mass is 10.1. The van der Waals surface area contributed by atoms with E-state index < -0.39 is 0 Å². The van der Waals surface area contributed by atoms with Gasteiger partial charge in [-0.25, -0.2) is 4.98 Å². The number of hydrogen-bond donors (Lipinski definition) is 2. The maximum Gasteiger partial charge on any atom is 0.163 e. The highest BCUT2D eigenvalue weighted by atomic mass is 15.2. The molecule has 0 unspecified atom stereocenters. The summed E-state index contributed by atoms with van der Waals surface area (Å²) in [5.41, 5.74) is 8.66. The summed E-state index contributed by atoms with van der Waals surface area (Å²) < 4.78 is 0. The number of aryl methyl sites for hydroxylation is 3. The van der Waals surface area contributed by atoms with E-state index in [0.717, 1.165) is 42.3 Å². The van der Waals surface area contributed by atoms with Crippen molar-refractivity contribution in [1.29, 1.82) is 5.26 Å². The number of nitrogens with zero attached hydrogens (tertiary/aromatic N) is 5. The van der Waals surface area contributed by atoms with E-state index in [0.29, 0.717) is 5.56 Å². The smallest absolute Gasteiger partial charge is 0.163 e. The number of H-pyrrole nitrogens is 1.